The van der Waals surface area contributed by atoms with Crippen LogP contribution in [0.2, 0.25) is 0 Å². The molecule has 1 amide bonds. The Labute approximate surface area is 80.0 Å². The van der Waals surface area contributed by atoms with Gasteiger partial charge in [-0.3, -0.25) is 9.59 Å². The molecule has 0 fully saturated rings. The zero-order valence-electron chi connectivity index (χ0n) is 7.46. The van der Waals surface area contributed by atoms with Gasteiger partial charge in [-0.2, -0.15) is 0 Å². The van der Waals surface area contributed by atoms with E-state index in [9.17, 15) is 9.59 Å². The first-order chi connectivity index (χ1) is 6.09. The summed E-state index contributed by atoms with van der Waals surface area (Å²) < 4.78 is 0. The zero-order chi connectivity index (χ0) is 9.84. The van der Waals surface area contributed by atoms with Gasteiger partial charge in [0.15, 0.2) is 5.78 Å². The third-order valence-electron chi connectivity index (χ3n) is 1.39. The lowest BCUT2D eigenvalue weighted by Gasteiger charge is -1.95. The maximum atomic E-state index is 10.9. The molecule has 0 aliphatic heterocycles. The summed E-state index contributed by atoms with van der Waals surface area (Å²) in [7, 11) is 0. The number of hydrogen-bond donors (Lipinski definition) is 1. The first-order valence-corrected chi connectivity index (χ1v) is 4.61. The molecular formula is C8H10N2O2S. The highest BCUT2D eigenvalue weighted by atomic mass is 32.1. The van der Waals surface area contributed by atoms with Crippen LogP contribution in [-0.2, 0) is 11.3 Å². The molecule has 5 heteroatoms. The number of carbonyl (C=O) groups is 2. The van der Waals surface area contributed by atoms with Crippen molar-refractivity contribution in [1.82, 2.24) is 10.3 Å². The minimum absolute atomic E-state index is 0.00609. The van der Waals surface area contributed by atoms with Crippen LogP contribution >= 0.6 is 11.3 Å². The summed E-state index contributed by atoms with van der Waals surface area (Å²) in [6.45, 7) is 3.34. The average Bonchev–Trinajstić information content (AvgIpc) is 2.48. The van der Waals surface area contributed by atoms with Crippen LogP contribution in [0.1, 0.15) is 28.5 Å². The molecule has 13 heavy (non-hydrogen) atoms. The lowest BCUT2D eigenvalue weighted by molar-refractivity contribution is -0.119. The van der Waals surface area contributed by atoms with E-state index in [0.717, 1.165) is 5.01 Å². The molecule has 0 aliphatic rings. The highest BCUT2D eigenvalue weighted by molar-refractivity contribution is 7.13. The van der Waals surface area contributed by atoms with Crippen LogP contribution in [0.15, 0.2) is 6.20 Å². The third-order valence-corrected chi connectivity index (χ3v) is 2.49. The second kappa shape index (κ2) is 4.13. The molecule has 0 saturated carbocycles. The number of carbonyl (C=O) groups excluding carboxylic acids is 2. The quantitative estimate of drug-likeness (QED) is 0.736. The van der Waals surface area contributed by atoms with E-state index < -0.39 is 0 Å². The van der Waals surface area contributed by atoms with Crippen LogP contribution in [0.5, 0.6) is 0 Å². The van der Waals surface area contributed by atoms with Gasteiger partial charge in [0.25, 0.3) is 0 Å². The van der Waals surface area contributed by atoms with Gasteiger partial charge in [0.05, 0.1) is 11.4 Å². The maximum Gasteiger partial charge on any atom is 0.217 e. The van der Waals surface area contributed by atoms with Gasteiger partial charge in [-0.05, 0) is 0 Å². The molecule has 0 atom stereocenters. The second-order valence-corrected chi connectivity index (χ2v) is 3.70. The van der Waals surface area contributed by atoms with E-state index in [4.69, 9.17) is 0 Å². The molecule has 0 spiro atoms. The number of aromatic nitrogens is 1. The van der Waals surface area contributed by atoms with Gasteiger partial charge in [0.2, 0.25) is 5.91 Å². The van der Waals surface area contributed by atoms with Crippen LogP contribution < -0.4 is 5.32 Å². The van der Waals surface area contributed by atoms with E-state index in [1.54, 1.807) is 0 Å². The van der Waals surface area contributed by atoms with Crippen molar-refractivity contribution in [2.45, 2.75) is 20.4 Å². The first kappa shape index (κ1) is 9.85. The minimum Gasteiger partial charge on any atom is -0.350 e. The summed E-state index contributed by atoms with van der Waals surface area (Å²) in [6, 6.07) is 0. The van der Waals surface area contributed by atoms with Crippen LogP contribution in [0.4, 0.5) is 0 Å². The Bertz CT molecular complexity index is 333. The van der Waals surface area contributed by atoms with Gasteiger partial charge >= 0.3 is 0 Å². The topological polar surface area (TPSA) is 59.1 Å². The standard InChI is InChI=1S/C8H10N2O2S/c1-5(11)7-3-10-8(13-7)4-9-6(2)12/h3H,4H2,1-2H3,(H,9,12). The SMILES string of the molecule is CC(=O)NCc1ncc(C(C)=O)s1. The number of hydrogen-bond acceptors (Lipinski definition) is 4. The van der Waals surface area contributed by atoms with Crippen LogP contribution in [0.25, 0.3) is 0 Å². The summed E-state index contributed by atoms with van der Waals surface area (Å²) in [4.78, 5) is 26.1. The molecule has 0 aliphatic carbocycles. The fourth-order valence-corrected chi connectivity index (χ4v) is 1.51. The second-order valence-electron chi connectivity index (χ2n) is 2.58. The molecule has 70 valence electrons. The van der Waals surface area contributed by atoms with E-state index in [1.165, 1.54) is 31.4 Å². The summed E-state index contributed by atoms with van der Waals surface area (Å²) in [5.74, 6) is -0.0915. The van der Waals surface area contributed by atoms with E-state index in [1.807, 2.05) is 0 Å². The van der Waals surface area contributed by atoms with Crippen molar-refractivity contribution in [3.63, 3.8) is 0 Å². The predicted octanol–water partition coefficient (Wildman–Crippen LogP) is 0.982. The third kappa shape index (κ3) is 2.95. The monoisotopic (exact) mass is 198 g/mol. The number of nitrogens with one attached hydrogen (secondary N) is 1. The van der Waals surface area contributed by atoms with E-state index >= 15 is 0 Å². The number of amides is 1. The van der Waals surface area contributed by atoms with Crippen molar-refractivity contribution in [2.75, 3.05) is 0 Å². The predicted molar refractivity (Wildman–Crippen MR) is 49.6 cm³/mol. The molecule has 1 aromatic heterocycles. The Hall–Kier alpha value is -1.23. The van der Waals surface area contributed by atoms with Crippen molar-refractivity contribution >= 4 is 23.0 Å². The zero-order valence-corrected chi connectivity index (χ0v) is 8.27. The largest absolute Gasteiger partial charge is 0.350 e. The molecule has 1 N–H and O–H groups in total. The van der Waals surface area contributed by atoms with Crippen molar-refractivity contribution < 1.29 is 9.59 Å². The van der Waals surface area contributed by atoms with Gasteiger partial charge in [-0.1, -0.05) is 0 Å². The minimum atomic E-state index is -0.0976. The van der Waals surface area contributed by atoms with Gasteiger partial charge in [0.1, 0.15) is 5.01 Å². The van der Waals surface area contributed by atoms with Crippen LogP contribution in [0.3, 0.4) is 0 Å². The fraction of sp³-hybridized carbons (Fsp3) is 0.375. The summed E-state index contributed by atoms with van der Waals surface area (Å²) in [6.07, 6.45) is 1.53. The highest BCUT2D eigenvalue weighted by Crippen LogP contribution is 2.12. The molecule has 0 radical (unpaired) electrons. The summed E-state index contributed by atoms with van der Waals surface area (Å²) in [5, 5.41) is 3.36. The Kier molecular flexibility index (Phi) is 3.13. The summed E-state index contributed by atoms with van der Waals surface area (Å²) >= 11 is 1.31. The van der Waals surface area contributed by atoms with Crippen LogP contribution in [0, 0.1) is 0 Å². The molecule has 1 heterocycles. The molecule has 0 saturated heterocycles. The van der Waals surface area contributed by atoms with E-state index in [2.05, 4.69) is 10.3 Å². The lowest BCUT2D eigenvalue weighted by Crippen LogP contribution is -2.18. The van der Waals surface area contributed by atoms with Gasteiger partial charge < -0.3 is 5.32 Å². The van der Waals surface area contributed by atoms with Crippen LogP contribution in [-0.4, -0.2) is 16.7 Å². The van der Waals surface area contributed by atoms with Gasteiger partial charge in [0, 0.05) is 20.0 Å². The molecular weight excluding hydrogens is 188 g/mol. The molecule has 4 nitrogen and oxygen atoms in total. The molecule has 1 rings (SSSR count). The van der Waals surface area contributed by atoms with E-state index in [0.29, 0.717) is 11.4 Å². The van der Waals surface area contributed by atoms with Crippen molar-refractivity contribution in [2.24, 2.45) is 0 Å². The summed E-state index contributed by atoms with van der Waals surface area (Å²) in [5.41, 5.74) is 0. The average molecular weight is 198 g/mol. The Morgan fingerprint density at radius 1 is 1.54 bits per heavy atom. The number of nitrogens with zero attached hydrogens (tertiary/aromatic N) is 1. The van der Waals surface area contributed by atoms with Gasteiger partial charge in [-0.25, -0.2) is 4.98 Å². The molecule has 1 aromatic rings. The van der Waals surface area contributed by atoms with Crippen molar-refractivity contribution in [1.29, 1.82) is 0 Å². The molecule has 0 unspecified atom stereocenters. The van der Waals surface area contributed by atoms with Gasteiger partial charge in [-0.15, -0.1) is 11.3 Å². The Balaban J connectivity index is 2.59. The van der Waals surface area contributed by atoms with E-state index in [-0.39, 0.29) is 11.7 Å². The number of rotatable bonds is 3. The maximum absolute atomic E-state index is 10.9. The smallest absolute Gasteiger partial charge is 0.217 e. The van der Waals surface area contributed by atoms with Crippen molar-refractivity contribution in [3.05, 3.63) is 16.1 Å². The normalized spacial score (nSPS) is 9.69. The number of ketones is 1. The fourth-order valence-electron chi connectivity index (χ4n) is 0.755. The number of thiazole rings is 1. The first-order valence-electron chi connectivity index (χ1n) is 3.79. The Morgan fingerprint density at radius 2 is 2.23 bits per heavy atom. The Morgan fingerprint density at radius 3 is 2.69 bits per heavy atom. The molecule has 0 bridgehead atoms. The molecule has 0 aromatic carbocycles. The lowest BCUT2D eigenvalue weighted by atomic mass is 10.4. The van der Waals surface area contributed by atoms with Crippen molar-refractivity contribution in [3.8, 4) is 0 Å². The number of Topliss-reactive ketones (excluding diaryl/α,β-unsaturated/α-hetero) is 1. The highest BCUT2D eigenvalue weighted by Gasteiger charge is 2.05.